The molecule has 1 unspecified atom stereocenters. The molecule has 0 bridgehead atoms. The summed E-state index contributed by atoms with van der Waals surface area (Å²) in [5, 5.41) is 7.18. The van der Waals surface area contributed by atoms with Crippen molar-refractivity contribution in [3.05, 3.63) is 35.4 Å². The molecule has 1 aromatic carbocycles. The fraction of sp³-hybridized carbons (Fsp3) is 0.625. The summed E-state index contributed by atoms with van der Waals surface area (Å²) in [6.45, 7) is 10.2. The predicted octanol–water partition coefficient (Wildman–Crippen LogP) is 2.61. The average molecular weight is 246 g/mol. The normalized spacial score (nSPS) is 20.9. The second-order valence-corrected chi connectivity index (χ2v) is 6.12. The zero-order chi connectivity index (χ0) is 13.0. The van der Waals surface area contributed by atoms with Crippen molar-refractivity contribution in [3.8, 4) is 0 Å². The van der Waals surface area contributed by atoms with Gasteiger partial charge in [0.05, 0.1) is 0 Å². The Labute approximate surface area is 111 Å². The number of piperidine rings is 1. The van der Waals surface area contributed by atoms with E-state index in [1.165, 1.54) is 30.5 Å². The fourth-order valence-electron chi connectivity index (χ4n) is 2.85. The zero-order valence-corrected chi connectivity index (χ0v) is 11.9. The molecule has 2 heteroatoms. The van der Waals surface area contributed by atoms with Crippen LogP contribution >= 0.6 is 0 Å². The molecule has 1 atom stereocenters. The summed E-state index contributed by atoms with van der Waals surface area (Å²) < 4.78 is 0. The standard InChI is InChI=1S/C16H26N2/c1-13-7-4-5-9-15(13)16(2,3)12-18-14-8-6-10-17-11-14/h4-5,7,9,14,17-18H,6,8,10-12H2,1-3H3. The van der Waals surface area contributed by atoms with Gasteiger partial charge in [0.2, 0.25) is 0 Å². The number of rotatable bonds is 4. The predicted molar refractivity (Wildman–Crippen MR) is 78.1 cm³/mol. The van der Waals surface area contributed by atoms with Gasteiger partial charge in [-0.05, 0) is 37.4 Å². The molecule has 0 aliphatic carbocycles. The molecule has 2 nitrogen and oxygen atoms in total. The van der Waals surface area contributed by atoms with E-state index in [1.54, 1.807) is 0 Å². The molecular weight excluding hydrogens is 220 g/mol. The van der Waals surface area contributed by atoms with Gasteiger partial charge in [-0.3, -0.25) is 0 Å². The highest BCUT2D eigenvalue weighted by Crippen LogP contribution is 2.25. The molecule has 0 aromatic heterocycles. The van der Waals surface area contributed by atoms with E-state index in [9.17, 15) is 0 Å². The van der Waals surface area contributed by atoms with E-state index in [0.29, 0.717) is 6.04 Å². The molecule has 18 heavy (non-hydrogen) atoms. The highest BCUT2D eigenvalue weighted by Gasteiger charge is 2.23. The molecule has 1 aromatic rings. The van der Waals surface area contributed by atoms with Crippen LogP contribution in [0.2, 0.25) is 0 Å². The molecule has 2 N–H and O–H groups in total. The first-order chi connectivity index (χ1) is 8.59. The minimum atomic E-state index is 0.197. The highest BCUT2D eigenvalue weighted by molar-refractivity contribution is 5.32. The van der Waals surface area contributed by atoms with Crippen LogP contribution in [0.15, 0.2) is 24.3 Å². The van der Waals surface area contributed by atoms with Gasteiger partial charge in [0.1, 0.15) is 0 Å². The minimum absolute atomic E-state index is 0.197. The van der Waals surface area contributed by atoms with Gasteiger partial charge in [-0.25, -0.2) is 0 Å². The van der Waals surface area contributed by atoms with Crippen LogP contribution in [0.25, 0.3) is 0 Å². The van der Waals surface area contributed by atoms with Crippen molar-refractivity contribution in [2.24, 2.45) is 0 Å². The van der Waals surface area contributed by atoms with E-state index >= 15 is 0 Å². The Kier molecular flexibility index (Phi) is 4.41. The maximum atomic E-state index is 3.73. The van der Waals surface area contributed by atoms with E-state index < -0.39 is 0 Å². The molecule has 2 rings (SSSR count). The summed E-state index contributed by atoms with van der Waals surface area (Å²) in [5.41, 5.74) is 3.05. The van der Waals surface area contributed by atoms with Gasteiger partial charge in [0.25, 0.3) is 0 Å². The lowest BCUT2D eigenvalue weighted by atomic mass is 9.81. The van der Waals surface area contributed by atoms with Crippen molar-refractivity contribution < 1.29 is 0 Å². The van der Waals surface area contributed by atoms with E-state index in [-0.39, 0.29) is 5.41 Å². The monoisotopic (exact) mass is 246 g/mol. The van der Waals surface area contributed by atoms with Gasteiger partial charge < -0.3 is 10.6 Å². The van der Waals surface area contributed by atoms with Crippen LogP contribution in [-0.4, -0.2) is 25.7 Å². The second-order valence-electron chi connectivity index (χ2n) is 6.12. The van der Waals surface area contributed by atoms with Crippen LogP contribution < -0.4 is 10.6 Å². The maximum Gasteiger partial charge on any atom is 0.0193 e. The quantitative estimate of drug-likeness (QED) is 0.853. The van der Waals surface area contributed by atoms with Crippen LogP contribution in [0.4, 0.5) is 0 Å². The first-order valence-electron chi connectivity index (χ1n) is 7.10. The lowest BCUT2D eigenvalue weighted by Gasteiger charge is -2.32. The first-order valence-corrected chi connectivity index (χ1v) is 7.10. The van der Waals surface area contributed by atoms with Crippen molar-refractivity contribution in [1.29, 1.82) is 0 Å². The molecule has 100 valence electrons. The summed E-state index contributed by atoms with van der Waals surface area (Å²) in [6.07, 6.45) is 2.60. The maximum absolute atomic E-state index is 3.73. The lowest BCUT2D eigenvalue weighted by Crippen LogP contribution is -2.47. The Morgan fingerprint density at radius 2 is 2.11 bits per heavy atom. The summed E-state index contributed by atoms with van der Waals surface area (Å²) in [7, 11) is 0. The van der Waals surface area contributed by atoms with Gasteiger partial charge in [0, 0.05) is 24.5 Å². The van der Waals surface area contributed by atoms with E-state index in [4.69, 9.17) is 0 Å². The Balaban J connectivity index is 1.96. The molecule has 1 fully saturated rings. The second kappa shape index (κ2) is 5.85. The number of benzene rings is 1. The number of nitrogens with one attached hydrogen (secondary N) is 2. The molecule has 0 spiro atoms. The summed E-state index contributed by atoms with van der Waals surface area (Å²) in [5.74, 6) is 0. The van der Waals surface area contributed by atoms with Crippen molar-refractivity contribution in [1.82, 2.24) is 10.6 Å². The molecule has 1 aliphatic rings. The smallest absolute Gasteiger partial charge is 0.0193 e. The SMILES string of the molecule is Cc1ccccc1C(C)(C)CNC1CCCNC1. The van der Waals surface area contributed by atoms with Crippen LogP contribution in [0, 0.1) is 6.92 Å². The first kappa shape index (κ1) is 13.6. The Bertz CT molecular complexity index is 378. The van der Waals surface area contributed by atoms with Crippen molar-refractivity contribution in [3.63, 3.8) is 0 Å². The Morgan fingerprint density at radius 3 is 2.78 bits per heavy atom. The van der Waals surface area contributed by atoms with Crippen molar-refractivity contribution >= 4 is 0 Å². The molecule has 1 heterocycles. The molecule has 0 saturated carbocycles. The van der Waals surface area contributed by atoms with E-state index in [2.05, 4.69) is 55.7 Å². The minimum Gasteiger partial charge on any atom is -0.315 e. The average Bonchev–Trinajstić information content (AvgIpc) is 2.38. The van der Waals surface area contributed by atoms with Crippen LogP contribution in [0.3, 0.4) is 0 Å². The Morgan fingerprint density at radius 1 is 1.33 bits per heavy atom. The Hall–Kier alpha value is -0.860. The van der Waals surface area contributed by atoms with Gasteiger partial charge in [-0.2, -0.15) is 0 Å². The molecule has 1 saturated heterocycles. The molecular formula is C16H26N2. The third kappa shape index (κ3) is 3.33. The van der Waals surface area contributed by atoms with Crippen LogP contribution in [0.5, 0.6) is 0 Å². The van der Waals surface area contributed by atoms with E-state index in [0.717, 1.165) is 13.1 Å². The lowest BCUT2D eigenvalue weighted by molar-refractivity contribution is 0.353. The van der Waals surface area contributed by atoms with Gasteiger partial charge >= 0.3 is 0 Å². The van der Waals surface area contributed by atoms with Crippen LogP contribution in [-0.2, 0) is 5.41 Å². The molecule has 1 aliphatic heterocycles. The summed E-state index contributed by atoms with van der Waals surface area (Å²) in [6, 6.07) is 9.37. The number of hydrogen-bond donors (Lipinski definition) is 2. The molecule has 0 amide bonds. The third-order valence-corrected chi connectivity index (χ3v) is 4.00. The number of aryl methyl sites for hydroxylation is 1. The highest BCUT2D eigenvalue weighted by atomic mass is 15.0. The topological polar surface area (TPSA) is 24.1 Å². The van der Waals surface area contributed by atoms with Crippen molar-refractivity contribution in [2.75, 3.05) is 19.6 Å². The zero-order valence-electron chi connectivity index (χ0n) is 11.9. The molecule has 0 radical (unpaired) electrons. The van der Waals surface area contributed by atoms with E-state index in [1.807, 2.05) is 0 Å². The van der Waals surface area contributed by atoms with Gasteiger partial charge in [-0.15, -0.1) is 0 Å². The van der Waals surface area contributed by atoms with Crippen LogP contribution in [0.1, 0.15) is 37.8 Å². The number of hydrogen-bond acceptors (Lipinski definition) is 2. The largest absolute Gasteiger partial charge is 0.315 e. The summed E-state index contributed by atoms with van der Waals surface area (Å²) >= 11 is 0. The fourth-order valence-corrected chi connectivity index (χ4v) is 2.85. The van der Waals surface area contributed by atoms with Gasteiger partial charge in [0.15, 0.2) is 0 Å². The van der Waals surface area contributed by atoms with Crippen molar-refractivity contribution in [2.45, 2.75) is 45.1 Å². The van der Waals surface area contributed by atoms with Gasteiger partial charge in [-0.1, -0.05) is 38.1 Å². The third-order valence-electron chi connectivity index (χ3n) is 4.00. The summed E-state index contributed by atoms with van der Waals surface area (Å²) in [4.78, 5) is 0.